The fourth-order valence-electron chi connectivity index (χ4n) is 3.51. The smallest absolute Gasteiger partial charge is 0.259 e. The summed E-state index contributed by atoms with van der Waals surface area (Å²) in [6, 6.07) is 1.62. The highest BCUT2D eigenvalue weighted by Crippen LogP contribution is 2.29. The van der Waals surface area contributed by atoms with Crippen LogP contribution in [0, 0.1) is 0 Å². The van der Waals surface area contributed by atoms with Crippen LogP contribution in [0.5, 0.6) is 5.88 Å². The molecule has 2 aliphatic rings. The highest BCUT2D eigenvalue weighted by atomic mass is 32.2. The largest absolute Gasteiger partial charge is 0.480 e. The Morgan fingerprint density at radius 3 is 2.83 bits per heavy atom. The molecule has 1 amide bonds. The van der Waals surface area contributed by atoms with E-state index in [0.29, 0.717) is 24.4 Å². The summed E-state index contributed by atoms with van der Waals surface area (Å²) in [5.41, 5.74) is 2.55. The molecule has 2 heterocycles. The second-order valence-corrected chi connectivity index (χ2v) is 8.38. The minimum atomic E-state index is -3.03. The Morgan fingerprint density at radius 2 is 2.22 bits per heavy atom. The summed E-state index contributed by atoms with van der Waals surface area (Å²) in [4.78, 5) is 19.1. The maximum Gasteiger partial charge on any atom is 0.259 e. The zero-order chi connectivity index (χ0) is 16.6. The first kappa shape index (κ1) is 16.2. The van der Waals surface area contributed by atoms with Gasteiger partial charge in [0.1, 0.15) is 5.56 Å². The van der Waals surface area contributed by atoms with Crippen LogP contribution in [0.3, 0.4) is 0 Å². The van der Waals surface area contributed by atoms with E-state index in [0.717, 1.165) is 30.5 Å². The highest BCUT2D eigenvalue weighted by Gasteiger charge is 2.35. The third-order valence-corrected chi connectivity index (χ3v) is 6.44. The highest BCUT2D eigenvalue weighted by molar-refractivity contribution is 7.91. The van der Waals surface area contributed by atoms with Gasteiger partial charge in [0, 0.05) is 18.3 Å². The molecule has 1 aromatic rings. The van der Waals surface area contributed by atoms with Crippen molar-refractivity contribution in [2.24, 2.45) is 0 Å². The molecule has 0 saturated carbocycles. The van der Waals surface area contributed by atoms with E-state index >= 15 is 0 Å². The zero-order valence-electron chi connectivity index (χ0n) is 13.5. The van der Waals surface area contributed by atoms with Crippen LogP contribution >= 0.6 is 0 Å². The molecule has 0 bridgehead atoms. The minimum Gasteiger partial charge on any atom is -0.480 e. The van der Waals surface area contributed by atoms with Crippen molar-refractivity contribution in [1.82, 2.24) is 9.88 Å². The third-order valence-electron chi connectivity index (χ3n) is 4.69. The zero-order valence-corrected chi connectivity index (χ0v) is 14.4. The molecule has 1 aliphatic carbocycles. The van der Waals surface area contributed by atoms with Crippen molar-refractivity contribution in [3.63, 3.8) is 0 Å². The van der Waals surface area contributed by atoms with Gasteiger partial charge in [0.05, 0.1) is 18.6 Å². The Bertz CT molecular complexity index is 730. The third kappa shape index (κ3) is 3.06. The molecule has 1 saturated heterocycles. The fraction of sp³-hybridized carbons (Fsp3) is 0.625. The molecule has 126 valence electrons. The van der Waals surface area contributed by atoms with Gasteiger partial charge in [-0.2, -0.15) is 0 Å². The van der Waals surface area contributed by atoms with Crippen LogP contribution < -0.4 is 4.74 Å². The average Bonchev–Trinajstić information content (AvgIpc) is 3.12. The molecule has 0 spiro atoms. The van der Waals surface area contributed by atoms with E-state index in [1.165, 1.54) is 7.11 Å². The molecule has 3 rings (SSSR count). The van der Waals surface area contributed by atoms with Gasteiger partial charge in [-0.25, -0.2) is 13.4 Å². The van der Waals surface area contributed by atoms with Gasteiger partial charge in [-0.05, 0) is 44.2 Å². The Morgan fingerprint density at radius 1 is 1.43 bits per heavy atom. The molecule has 1 atom stereocenters. The number of ether oxygens (including phenoxy) is 1. The van der Waals surface area contributed by atoms with Crippen molar-refractivity contribution in [2.45, 2.75) is 38.6 Å². The SMILES string of the molecule is CCN(C(=O)c1cc2c(nc1OC)CCC2)[C@@H]1CCS(=O)(=O)C1. The van der Waals surface area contributed by atoms with Gasteiger partial charge >= 0.3 is 0 Å². The van der Waals surface area contributed by atoms with Crippen molar-refractivity contribution in [3.8, 4) is 5.88 Å². The van der Waals surface area contributed by atoms with Crippen LogP contribution in [0.25, 0.3) is 0 Å². The van der Waals surface area contributed by atoms with E-state index in [1.807, 2.05) is 13.0 Å². The van der Waals surface area contributed by atoms with Gasteiger partial charge in [-0.3, -0.25) is 4.79 Å². The van der Waals surface area contributed by atoms with Crippen LogP contribution in [-0.4, -0.2) is 55.4 Å². The van der Waals surface area contributed by atoms with Crippen molar-refractivity contribution in [3.05, 3.63) is 22.9 Å². The van der Waals surface area contributed by atoms with Crippen LogP contribution in [0.2, 0.25) is 0 Å². The van der Waals surface area contributed by atoms with Crippen LogP contribution in [0.1, 0.15) is 41.4 Å². The summed E-state index contributed by atoms with van der Waals surface area (Å²) < 4.78 is 28.8. The predicted octanol–water partition coefficient (Wildman–Crippen LogP) is 1.23. The lowest BCUT2D eigenvalue weighted by molar-refractivity contribution is 0.0704. The summed E-state index contributed by atoms with van der Waals surface area (Å²) in [6.45, 7) is 2.34. The monoisotopic (exact) mass is 338 g/mol. The molecule has 0 radical (unpaired) electrons. The lowest BCUT2D eigenvalue weighted by atomic mass is 10.1. The topological polar surface area (TPSA) is 76.6 Å². The van der Waals surface area contributed by atoms with Crippen molar-refractivity contribution >= 4 is 15.7 Å². The van der Waals surface area contributed by atoms with Crippen LogP contribution in [0.15, 0.2) is 6.07 Å². The summed E-state index contributed by atoms with van der Waals surface area (Å²) in [7, 11) is -1.52. The lowest BCUT2D eigenvalue weighted by Gasteiger charge is -2.27. The second kappa shape index (κ2) is 6.11. The molecular weight excluding hydrogens is 316 g/mol. The second-order valence-electron chi connectivity index (χ2n) is 6.15. The summed E-state index contributed by atoms with van der Waals surface area (Å²) >= 11 is 0. The minimum absolute atomic E-state index is 0.0489. The fourth-order valence-corrected chi connectivity index (χ4v) is 5.24. The number of carbonyl (C=O) groups is 1. The molecule has 0 aromatic carbocycles. The van der Waals surface area contributed by atoms with Gasteiger partial charge in [0.25, 0.3) is 5.91 Å². The number of hydrogen-bond donors (Lipinski definition) is 0. The average molecular weight is 338 g/mol. The maximum absolute atomic E-state index is 13.0. The number of sulfone groups is 1. The number of aromatic nitrogens is 1. The number of nitrogens with zero attached hydrogens (tertiary/aromatic N) is 2. The van der Waals surface area contributed by atoms with E-state index < -0.39 is 9.84 Å². The normalized spacial score (nSPS) is 21.9. The number of hydrogen-bond acceptors (Lipinski definition) is 5. The van der Waals surface area contributed by atoms with Crippen molar-refractivity contribution in [1.29, 1.82) is 0 Å². The quantitative estimate of drug-likeness (QED) is 0.825. The van der Waals surface area contributed by atoms with E-state index in [1.54, 1.807) is 4.90 Å². The van der Waals surface area contributed by atoms with Gasteiger partial charge < -0.3 is 9.64 Å². The first-order chi connectivity index (χ1) is 10.9. The molecule has 6 nitrogen and oxygen atoms in total. The molecule has 23 heavy (non-hydrogen) atoms. The Labute approximate surface area is 136 Å². The summed E-state index contributed by atoms with van der Waals surface area (Å²) in [5.74, 6) is 0.359. The first-order valence-corrected chi connectivity index (χ1v) is 9.85. The first-order valence-electron chi connectivity index (χ1n) is 8.03. The Balaban J connectivity index is 1.92. The van der Waals surface area contributed by atoms with Gasteiger partial charge in [0.15, 0.2) is 9.84 Å². The number of fused-ring (bicyclic) bond motifs is 1. The Kier molecular flexibility index (Phi) is 4.31. The molecule has 7 heteroatoms. The maximum atomic E-state index is 13.0. The summed E-state index contributed by atoms with van der Waals surface area (Å²) in [5, 5.41) is 0. The van der Waals surface area contributed by atoms with E-state index in [-0.39, 0.29) is 23.5 Å². The molecule has 0 N–H and O–H groups in total. The molecular formula is C16H22N2O4S. The lowest BCUT2D eigenvalue weighted by Crippen LogP contribution is -2.41. The number of rotatable bonds is 4. The van der Waals surface area contributed by atoms with Gasteiger partial charge in [0.2, 0.25) is 5.88 Å². The summed E-state index contributed by atoms with van der Waals surface area (Å²) in [6.07, 6.45) is 3.39. The number of aryl methyl sites for hydroxylation is 2. The standard InChI is InChI=1S/C16H22N2O4S/c1-3-18(12-7-8-23(20,21)10-12)16(19)13-9-11-5-4-6-14(11)17-15(13)22-2/h9,12H,3-8,10H2,1-2H3/t12-/m1/s1. The number of pyridine rings is 1. The van der Waals surface area contributed by atoms with Crippen molar-refractivity contribution < 1.29 is 17.9 Å². The predicted molar refractivity (Wildman–Crippen MR) is 86.6 cm³/mol. The van der Waals surface area contributed by atoms with Crippen LogP contribution in [0.4, 0.5) is 0 Å². The van der Waals surface area contributed by atoms with Crippen molar-refractivity contribution in [2.75, 3.05) is 25.2 Å². The number of amides is 1. The Hall–Kier alpha value is -1.63. The molecule has 1 fully saturated rings. The molecule has 1 aromatic heterocycles. The van der Waals surface area contributed by atoms with E-state index in [4.69, 9.17) is 4.74 Å². The number of carbonyl (C=O) groups excluding carboxylic acids is 1. The van der Waals surface area contributed by atoms with Gasteiger partial charge in [-0.1, -0.05) is 0 Å². The van der Waals surface area contributed by atoms with Gasteiger partial charge in [-0.15, -0.1) is 0 Å². The van der Waals surface area contributed by atoms with E-state index in [2.05, 4.69) is 4.98 Å². The van der Waals surface area contributed by atoms with E-state index in [9.17, 15) is 13.2 Å². The van der Waals surface area contributed by atoms with Crippen LogP contribution in [-0.2, 0) is 22.7 Å². The number of methoxy groups -OCH3 is 1. The molecule has 0 unspecified atom stereocenters. The molecule has 1 aliphatic heterocycles.